The molecule has 0 radical (unpaired) electrons. The summed E-state index contributed by atoms with van der Waals surface area (Å²) in [6.07, 6.45) is 11.3. The van der Waals surface area contributed by atoms with E-state index in [1.165, 1.54) is 5.57 Å². The number of rotatable bonds is 1. The van der Waals surface area contributed by atoms with Crippen molar-refractivity contribution in [2.45, 2.75) is 12.8 Å². The normalized spacial score (nSPS) is 27.5. The monoisotopic (exact) mass is 146 g/mol. The molecular formula is C10H10O. The lowest BCUT2D eigenvalue weighted by Crippen LogP contribution is -2.03. The molecule has 0 aromatic rings. The van der Waals surface area contributed by atoms with E-state index in [2.05, 4.69) is 18.2 Å². The van der Waals surface area contributed by atoms with Crippen molar-refractivity contribution in [3.8, 4) is 0 Å². The predicted molar refractivity (Wildman–Crippen MR) is 44.1 cm³/mol. The van der Waals surface area contributed by atoms with Gasteiger partial charge in [-0.25, -0.2) is 0 Å². The fraction of sp³-hybridized carbons (Fsp3) is 0.300. The Morgan fingerprint density at radius 2 is 2.36 bits per heavy atom. The van der Waals surface area contributed by atoms with E-state index in [0.717, 1.165) is 24.7 Å². The molecule has 0 N–H and O–H groups in total. The van der Waals surface area contributed by atoms with Gasteiger partial charge in [-0.2, -0.15) is 0 Å². The van der Waals surface area contributed by atoms with Crippen LogP contribution in [-0.4, -0.2) is 6.29 Å². The molecule has 1 heteroatoms. The topological polar surface area (TPSA) is 17.1 Å². The number of allylic oxidation sites excluding steroid dienone is 6. The number of hydrogen-bond donors (Lipinski definition) is 0. The van der Waals surface area contributed by atoms with Crippen molar-refractivity contribution in [2.75, 3.05) is 0 Å². The molecule has 2 rings (SSSR count). The van der Waals surface area contributed by atoms with Crippen molar-refractivity contribution in [1.82, 2.24) is 0 Å². The third kappa shape index (κ3) is 1.07. The fourth-order valence-corrected chi connectivity index (χ4v) is 1.66. The van der Waals surface area contributed by atoms with Gasteiger partial charge in [0.1, 0.15) is 6.29 Å². The van der Waals surface area contributed by atoms with Crippen molar-refractivity contribution in [3.63, 3.8) is 0 Å². The van der Waals surface area contributed by atoms with E-state index in [9.17, 15) is 4.79 Å². The average Bonchev–Trinajstić information content (AvgIpc) is 2.50. The van der Waals surface area contributed by atoms with Crippen LogP contribution in [0.25, 0.3) is 0 Å². The van der Waals surface area contributed by atoms with Crippen LogP contribution in [0.2, 0.25) is 0 Å². The molecule has 0 amide bonds. The molecule has 1 nitrogen and oxygen atoms in total. The van der Waals surface area contributed by atoms with Gasteiger partial charge in [-0.05, 0) is 18.4 Å². The van der Waals surface area contributed by atoms with Crippen molar-refractivity contribution in [2.24, 2.45) is 5.92 Å². The lowest BCUT2D eigenvalue weighted by Gasteiger charge is -2.14. The molecule has 0 heterocycles. The van der Waals surface area contributed by atoms with Crippen LogP contribution in [0.5, 0.6) is 0 Å². The van der Waals surface area contributed by atoms with Gasteiger partial charge < -0.3 is 0 Å². The Bertz CT molecular complexity index is 269. The molecule has 0 spiro atoms. The molecule has 0 aromatic carbocycles. The molecule has 0 saturated heterocycles. The van der Waals surface area contributed by atoms with Crippen LogP contribution in [0.1, 0.15) is 12.8 Å². The minimum Gasteiger partial charge on any atom is -0.298 e. The average molecular weight is 146 g/mol. The van der Waals surface area contributed by atoms with Crippen LogP contribution in [-0.2, 0) is 4.79 Å². The lowest BCUT2D eigenvalue weighted by atomic mass is 9.90. The summed E-state index contributed by atoms with van der Waals surface area (Å²) in [5, 5.41) is 0. The molecule has 0 bridgehead atoms. The van der Waals surface area contributed by atoms with Crippen molar-refractivity contribution in [3.05, 3.63) is 35.5 Å². The highest BCUT2D eigenvalue weighted by molar-refractivity contribution is 5.74. The van der Waals surface area contributed by atoms with Gasteiger partial charge in [-0.3, -0.25) is 4.79 Å². The van der Waals surface area contributed by atoms with Gasteiger partial charge in [0, 0.05) is 5.92 Å². The molecular weight excluding hydrogens is 136 g/mol. The van der Waals surface area contributed by atoms with E-state index >= 15 is 0 Å². The number of carbonyl (C=O) groups excluding carboxylic acids is 1. The Morgan fingerprint density at radius 3 is 3.18 bits per heavy atom. The maximum Gasteiger partial charge on any atom is 0.146 e. The zero-order valence-corrected chi connectivity index (χ0v) is 6.29. The molecule has 2 aliphatic rings. The zero-order chi connectivity index (χ0) is 7.68. The third-order valence-electron chi connectivity index (χ3n) is 2.32. The van der Waals surface area contributed by atoms with E-state index in [-0.39, 0.29) is 0 Å². The molecule has 1 atom stereocenters. The summed E-state index contributed by atoms with van der Waals surface area (Å²) >= 11 is 0. The maximum absolute atomic E-state index is 10.4. The Morgan fingerprint density at radius 1 is 1.45 bits per heavy atom. The second kappa shape index (κ2) is 2.50. The van der Waals surface area contributed by atoms with Crippen molar-refractivity contribution in [1.29, 1.82) is 0 Å². The first-order valence-corrected chi connectivity index (χ1v) is 3.91. The highest BCUT2D eigenvalue weighted by Crippen LogP contribution is 2.32. The van der Waals surface area contributed by atoms with E-state index in [4.69, 9.17) is 0 Å². The first-order chi connectivity index (χ1) is 5.40. The second-order valence-corrected chi connectivity index (χ2v) is 3.04. The third-order valence-corrected chi connectivity index (χ3v) is 2.32. The number of carbonyl (C=O) groups is 1. The van der Waals surface area contributed by atoms with Crippen LogP contribution >= 0.6 is 0 Å². The van der Waals surface area contributed by atoms with Gasteiger partial charge in [0.2, 0.25) is 0 Å². The van der Waals surface area contributed by atoms with Crippen LogP contribution in [0.3, 0.4) is 0 Å². The molecule has 0 aliphatic heterocycles. The summed E-state index contributed by atoms with van der Waals surface area (Å²) in [5.41, 5.74) is 2.38. The summed E-state index contributed by atoms with van der Waals surface area (Å²) in [7, 11) is 0. The van der Waals surface area contributed by atoms with Crippen LogP contribution in [0.15, 0.2) is 35.5 Å². The minimum absolute atomic E-state index is 0.528. The second-order valence-electron chi connectivity index (χ2n) is 3.04. The van der Waals surface area contributed by atoms with Crippen molar-refractivity contribution >= 4 is 6.29 Å². The van der Waals surface area contributed by atoms with Crippen LogP contribution < -0.4 is 0 Å². The molecule has 2 aliphatic carbocycles. The van der Waals surface area contributed by atoms with Crippen molar-refractivity contribution < 1.29 is 4.79 Å². The summed E-state index contributed by atoms with van der Waals surface area (Å²) < 4.78 is 0. The van der Waals surface area contributed by atoms with E-state index in [0.29, 0.717) is 5.92 Å². The Labute approximate surface area is 66.1 Å². The summed E-state index contributed by atoms with van der Waals surface area (Å²) in [6, 6.07) is 0. The highest BCUT2D eigenvalue weighted by Gasteiger charge is 2.18. The zero-order valence-electron chi connectivity index (χ0n) is 6.29. The standard InChI is InChI=1S/C10H10O/c11-7-8-4-5-9-2-1-3-10(9)6-8/h1,3-5,7,10H,2,6H2. The Kier molecular flexibility index (Phi) is 1.50. The molecule has 56 valence electrons. The number of hydrogen-bond acceptors (Lipinski definition) is 1. The molecule has 0 fully saturated rings. The predicted octanol–water partition coefficient (Wildman–Crippen LogP) is 2.02. The maximum atomic E-state index is 10.4. The highest BCUT2D eigenvalue weighted by atomic mass is 16.1. The quantitative estimate of drug-likeness (QED) is 0.408. The molecule has 1 unspecified atom stereocenters. The summed E-state index contributed by atoms with van der Waals surface area (Å²) in [4.78, 5) is 10.4. The summed E-state index contributed by atoms with van der Waals surface area (Å²) in [5.74, 6) is 0.528. The molecule has 11 heavy (non-hydrogen) atoms. The van der Waals surface area contributed by atoms with Gasteiger partial charge in [0.05, 0.1) is 0 Å². The van der Waals surface area contributed by atoms with Gasteiger partial charge >= 0.3 is 0 Å². The first kappa shape index (κ1) is 6.59. The SMILES string of the molecule is O=CC1=CC=C2CC=CC2C1. The molecule has 0 aromatic heterocycles. The van der Waals surface area contributed by atoms with E-state index in [1.54, 1.807) is 0 Å². The van der Waals surface area contributed by atoms with E-state index < -0.39 is 0 Å². The number of aldehydes is 1. The van der Waals surface area contributed by atoms with Gasteiger partial charge in [-0.15, -0.1) is 0 Å². The largest absolute Gasteiger partial charge is 0.298 e. The minimum atomic E-state index is 0.528. The van der Waals surface area contributed by atoms with Gasteiger partial charge in [0.25, 0.3) is 0 Å². The Balaban J connectivity index is 2.26. The van der Waals surface area contributed by atoms with Crippen LogP contribution in [0, 0.1) is 5.92 Å². The van der Waals surface area contributed by atoms with E-state index in [1.807, 2.05) is 6.08 Å². The summed E-state index contributed by atoms with van der Waals surface area (Å²) in [6.45, 7) is 0. The smallest absolute Gasteiger partial charge is 0.146 e. The van der Waals surface area contributed by atoms with Gasteiger partial charge in [0.15, 0.2) is 0 Å². The van der Waals surface area contributed by atoms with Crippen LogP contribution in [0.4, 0.5) is 0 Å². The first-order valence-electron chi connectivity index (χ1n) is 3.91. The molecule has 0 saturated carbocycles. The fourth-order valence-electron chi connectivity index (χ4n) is 1.66. The van der Waals surface area contributed by atoms with Gasteiger partial charge in [-0.1, -0.05) is 29.9 Å². The lowest BCUT2D eigenvalue weighted by molar-refractivity contribution is -0.105. The Hall–Kier alpha value is -1.11. The number of fused-ring (bicyclic) bond motifs is 1.